The van der Waals surface area contributed by atoms with Gasteiger partial charge in [0.1, 0.15) is 23.8 Å². The number of halogens is 4. The third kappa shape index (κ3) is 4.91. The molecule has 0 spiro atoms. The van der Waals surface area contributed by atoms with E-state index in [0.717, 1.165) is 6.07 Å². The summed E-state index contributed by atoms with van der Waals surface area (Å²) in [5.74, 6) is -1.31. The molecule has 1 aromatic rings. The van der Waals surface area contributed by atoms with Gasteiger partial charge >= 0.3 is 12.3 Å². The van der Waals surface area contributed by atoms with E-state index in [0.29, 0.717) is 6.07 Å². The Hall–Kier alpha value is -2.16. The van der Waals surface area contributed by atoms with Crippen molar-refractivity contribution in [2.45, 2.75) is 38.6 Å². The van der Waals surface area contributed by atoms with E-state index in [1.54, 1.807) is 20.8 Å². The second-order valence-electron chi connectivity index (χ2n) is 6.33. The van der Waals surface area contributed by atoms with E-state index in [9.17, 15) is 22.8 Å². The number of nitrogens with one attached hydrogen (secondary N) is 2. The van der Waals surface area contributed by atoms with Crippen molar-refractivity contribution in [1.82, 2.24) is 5.32 Å². The fraction of sp³-hybridized carbons (Fsp3) is 0.467. The summed E-state index contributed by atoms with van der Waals surface area (Å²) in [6, 6.07) is 0.607. The Balaban J connectivity index is 2.24. The number of ether oxygens (including phenoxy) is 2. The van der Waals surface area contributed by atoms with Crippen LogP contribution in [0.1, 0.15) is 26.3 Å². The van der Waals surface area contributed by atoms with Crippen molar-refractivity contribution in [2.75, 3.05) is 11.9 Å². The molecule has 1 aliphatic heterocycles. The lowest BCUT2D eigenvalue weighted by molar-refractivity contribution is -0.138. The van der Waals surface area contributed by atoms with E-state index in [1.807, 2.05) is 0 Å². The standard InChI is InChI=1S/C15H16ClF3N2O4/c1-14(2,3)25-13(23)21-10-6-24-11-8(15(17,18)19)4-7(16)5-9(11)20-12(10)22/h4-5,10H,6H2,1-3H3,(H,20,22)(H,21,23)/t10-/m0/s1. The zero-order valence-electron chi connectivity index (χ0n) is 13.6. The van der Waals surface area contributed by atoms with Gasteiger partial charge in [0, 0.05) is 5.02 Å². The van der Waals surface area contributed by atoms with Crippen LogP contribution in [0, 0.1) is 0 Å². The molecule has 25 heavy (non-hydrogen) atoms. The normalized spacial score (nSPS) is 17.7. The van der Waals surface area contributed by atoms with Gasteiger partial charge in [-0.05, 0) is 32.9 Å². The van der Waals surface area contributed by atoms with E-state index >= 15 is 0 Å². The Bertz CT molecular complexity index is 701. The second-order valence-corrected chi connectivity index (χ2v) is 6.76. The van der Waals surface area contributed by atoms with Crippen LogP contribution in [0.3, 0.4) is 0 Å². The van der Waals surface area contributed by atoms with Crippen LogP contribution in [-0.4, -0.2) is 30.3 Å². The van der Waals surface area contributed by atoms with Crippen molar-refractivity contribution in [2.24, 2.45) is 0 Å². The summed E-state index contributed by atoms with van der Waals surface area (Å²) in [6.45, 7) is 4.39. The Morgan fingerprint density at radius 2 is 2.00 bits per heavy atom. The summed E-state index contributed by atoms with van der Waals surface area (Å²) in [5, 5.41) is 4.32. The first-order valence-electron chi connectivity index (χ1n) is 7.21. The van der Waals surface area contributed by atoms with Gasteiger partial charge in [-0.15, -0.1) is 0 Å². The Morgan fingerprint density at radius 1 is 1.36 bits per heavy atom. The molecule has 2 amide bonds. The molecule has 0 unspecified atom stereocenters. The molecule has 0 fully saturated rings. The quantitative estimate of drug-likeness (QED) is 0.780. The van der Waals surface area contributed by atoms with Crippen molar-refractivity contribution in [3.63, 3.8) is 0 Å². The molecule has 0 bridgehead atoms. The van der Waals surface area contributed by atoms with Gasteiger partial charge in [-0.1, -0.05) is 11.6 Å². The zero-order chi connectivity index (χ0) is 19.0. The minimum absolute atomic E-state index is 0.214. The molecule has 0 saturated heterocycles. The number of amides is 2. The van der Waals surface area contributed by atoms with Crippen LogP contribution < -0.4 is 15.4 Å². The van der Waals surface area contributed by atoms with Gasteiger partial charge in [0.2, 0.25) is 0 Å². The summed E-state index contributed by atoms with van der Waals surface area (Å²) in [5.41, 5.74) is -2.14. The number of anilines is 1. The molecule has 0 radical (unpaired) electrons. The van der Waals surface area contributed by atoms with Gasteiger partial charge in [0.15, 0.2) is 5.75 Å². The van der Waals surface area contributed by atoms with Crippen molar-refractivity contribution in [3.8, 4) is 5.75 Å². The van der Waals surface area contributed by atoms with Crippen LogP contribution in [0.2, 0.25) is 5.02 Å². The van der Waals surface area contributed by atoms with Crippen molar-refractivity contribution < 1.29 is 32.2 Å². The summed E-state index contributed by atoms with van der Waals surface area (Å²) >= 11 is 5.69. The highest BCUT2D eigenvalue weighted by Crippen LogP contribution is 2.43. The number of rotatable bonds is 1. The van der Waals surface area contributed by atoms with Crippen LogP contribution >= 0.6 is 11.6 Å². The summed E-state index contributed by atoms with van der Waals surface area (Å²) in [6.07, 6.45) is -5.62. The molecule has 0 saturated carbocycles. The third-order valence-corrected chi connectivity index (χ3v) is 3.24. The lowest BCUT2D eigenvalue weighted by Crippen LogP contribution is -2.48. The van der Waals surface area contributed by atoms with E-state index in [4.69, 9.17) is 21.1 Å². The third-order valence-electron chi connectivity index (χ3n) is 3.02. The molecule has 10 heteroatoms. The summed E-state index contributed by atoms with van der Waals surface area (Å²) in [4.78, 5) is 23.9. The highest BCUT2D eigenvalue weighted by molar-refractivity contribution is 6.31. The molecule has 138 valence electrons. The highest BCUT2D eigenvalue weighted by Gasteiger charge is 2.38. The number of hydrogen-bond donors (Lipinski definition) is 2. The van der Waals surface area contributed by atoms with Crippen molar-refractivity contribution in [3.05, 3.63) is 22.7 Å². The molecule has 1 aromatic carbocycles. The fourth-order valence-electron chi connectivity index (χ4n) is 2.07. The molecule has 6 nitrogen and oxygen atoms in total. The van der Waals surface area contributed by atoms with Gasteiger partial charge < -0.3 is 20.1 Å². The number of alkyl carbamates (subject to hydrolysis) is 1. The SMILES string of the molecule is CC(C)(C)OC(=O)N[C@H]1COc2c(cc(Cl)cc2C(F)(F)F)NC1=O. The Kier molecular flexibility index (Phi) is 5.08. The van der Waals surface area contributed by atoms with E-state index in [1.165, 1.54) is 0 Å². The second kappa shape index (κ2) is 6.62. The number of hydrogen-bond acceptors (Lipinski definition) is 4. The smallest absolute Gasteiger partial charge is 0.420 e. The maximum absolute atomic E-state index is 13.1. The van der Waals surface area contributed by atoms with E-state index in [2.05, 4.69) is 10.6 Å². The van der Waals surface area contributed by atoms with Crippen molar-refractivity contribution >= 4 is 29.3 Å². The first-order chi connectivity index (χ1) is 11.4. The molecule has 1 atom stereocenters. The lowest BCUT2D eigenvalue weighted by Gasteiger charge is -2.22. The van der Waals surface area contributed by atoms with Gasteiger partial charge in [-0.2, -0.15) is 13.2 Å². The first kappa shape index (κ1) is 19.2. The van der Waals surface area contributed by atoms with Gasteiger partial charge in [0.05, 0.1) is 5.69 Å². The average molecular weight is 381 g/mol. The van der Waals surface area contributed by atoms with Crippen LogP contribution in [0.15, 0.2) is 12.1 Å². The van der Waals surface area contributed by atoms with Crippen LogP contribution in [0.25, 0.3) is 0 Å². The number of carbonyl (C=O) groups is 2. The maximum Gasteiger partial charge on any atom is 0.420 e. The molecule has 2 rings (SSSR count). The predicted molar refractivity (Wildman–Crippen MR) is 83.7 cm³/mol. The van der Waals surface area contributed by atoms with Gasteiger partial charge in [0.25, 0.3) is 5.91 Å². The fourth-order valence-corrected chi connectivity index (χ4v) is 2.29. The number of alkyl halides is 3. The highest BCUT2D eigenvalue weighted by atomic mass is 35.5. The topological polar surface area (TPSA) is 76.7 Å². The minimum Gasteiger partial charge on any atom is -0.488 e. The number of carbonyl (C=O) groups excluding carboxylic acids is 2. The zero-order valence-corrected chi connectivity index (χ0v) is 14.3. The van der Waals surface area contributed by atoms with Crippen LogP contribution in [-0.2, 0) is 15.7 Å². The average Bonchev–Trinajstić information content (AvgIpc) is 2.54. The Labute approximate surface area is 146 Å². The molecule has 2 N–H and O–H groups in total. The summed E-state index contributed by atoms with van der Waals surface area (Å²) in [7, 11) is 0. The molecule has 0 aliphatic carbocycles. The maximum atomic E-state index is 13.1. The minimum atomic E-state index is -4.72. The Morgan fingerprint density at radius 3 is 2.56 bits per heavy atom. The molecule has 1 aliphatic rings. The monoisotopic (exact) mass is 380 g/mol. The van der Waals surface area contributed by atoms with E-state index in [-0.39, 0.29) is 10.7 Å². The molecular weight excluding hydrogens is 365 g/mol. The van der Waals surface area contributed by atoms with Crippen LogP contribution in [0.5, 0.6) is 5.75 Å². The lowest BCUT2D eigenvalue weighted by atomic mass is 10.1. The largest absolute Gasteiger partial charge is 0.488 e. The van der Waals surface area contributed by atoms with Crippen LogP contribution in [0.4, 0.5) is 23.7 Å². The molecular formula is C15H16ClF3N2O4. The van der Waals surface area contributed by atoms with Gasteiger partial charge in [-0.3, -0.25) is 4.79 Å². The molecule has 1 heterocycles. The van der Waals surface area contributed by atoms with Gasteiger partial charge in [-0.25, -0.2) is 4.79 Å². The van der Waals surface area contributed by atoms with E-state index < -0.39 is 47.7 Å². The summed E-state index contributed by atoms with van der Waals surface area (Å²) < 4.78 is 49.6. The van der Waals surface area contributed by atoms with Crippen molar-refractivity contribution in [1.29, 1.82) is 0 Å². The molecule has 0 aromatic heterocycles. The number of fused-ring (bicyclic) bond motifs is 1. The predicted octanol–water partition coefficient (Wildman–Crippen LogP) is 3.58. The number of benzene rings is 1. The first-order valence-corrected chi connectivity index (χ1v) is 7.58.